The third-order valence-corrected chi connectivity index (χ3v) is 6.16. The second kappa shape index (κ2) is 12.0. The molecule has 0 saturated carbocycles. The van der Waals surface area contributed by atoms with Crippen LogP contribution in [0.3, 0.4) is 0 Å². The number of nitriles is 1. The van der Waals surface area contributed by atoms with E-state index in [0.717, 1.165) is 67.7 Å². The molecule has 0 spiro atoms. The molecule has 4 rings (SSSR count). The van der Waals surface area contributed by atoms with Gasteiger partial charge in [-0.3, -0.25) is 4.98 Å². The molecule has 1 N–H and O–H groups in total. The minimum Gasteiger partial charge on any atom is -0.368 e. The highest BCUT2D eigenvalue weighted by Crippen LogP contribution is 2.31. The van der Waals surface area contributed by atoms with E-state index in [1.165, 1.54) is 12.1 Å². The Morgan fingerprint density at radius 3 is 2.42 bits per heavy atom. The number of pyridine rings is 1. The largest absolute Gasteiger partial charge is 0.416 e. The van der Waals surface area contributed by atoms with E-state index < -0.39 is 11.7 Å². The van der Waals surface area contributed by atoms with Crippen molar-refractivity contribution in [3.63, 3.8) is 0 Å². The fourth-order valence-electron chi connectivity index (χ4n) is 4.11. The monoisotopic (exact) mass is 521 g/mol. The number of unbranched alkanes of at least 4 members (excludes halogenated alkanes) is 1. The van der Waals surface area contributed by atoms with Crippen molar-refractivity contribution in [2.45, 2.75) is 38.3 Å². The van der Waals surface area contributed by atoms with Crippen LogP contribution in [0.2, 0.25) is 0 Å². The third kappa shape index (κ3) is 7.07. The maximum absolute atomic E-state index is 13.0. The average molecular weight is 522 g/mol. The highest BCUT2D eigenvalue weighted by molar-refractivity contribution is 5.72. The van der Waals surface area contributed by atoms with Gasteiger partial charge in [0.2, 0.25) is 0 Å². The number of fused-ring (bicyclic) bond motifs is 1. The van der Waals surface area contributed by atoms with Gasteiger partial charge in [-0.15, -0.1) is 0 Å². The lowest BCUT2D eigenvalue weighted by Crippen LogP contribution is -2.12. The highest BCUT2D eigenvalue weighted by atomic mass is 19.4. The van der Waals surface area contributed by atoms with Crippen LogP contribution < -0.4 is 5.32 Å². The van der Waals surface area contributed by atoms with Gasteiger partial charge in [-0.05, 0) is 83.1 Å². The molecule has 198 valence electrons. The van der Waals surface area contributed by atoms with Crippen LogP contribution in [-0.4, -0.2) is 51.7 Å². The van der Waals surface area contributed by atoms with Crippen LogP contribution >= 0.6 is 0 Å². The molecule has 10 heteroatoms. The summed E-state index contributed by atoms with van der Waals surface area (Å²) in [4.78, 5) is 11.2. The summed E-state index contributed by atoms with van der Waals surface area (Å²) in [6.45, 7) is 1.62. The molecule has 0 atom stereocenters. The predicted octanol–water partition coefficient (Wildman–Crippen LogP) is 5.61. The van der Waals surface area contributed by atoms with E-state index >= 15 is 0 Å². The zero-order chi connectivity index (χ0) is 27.1. The van der Waals surface area contributed by atoms with Gasteiger partial charge in [0.05, 0.1) is 28.7 Å². The zero-order valence-corrected chi connectivity index (χ0v) is 21.5. The first-order chi connectivity index (χ1) is 18.2. The van der Waals surface area contributed by atoms with Crippen molar-refractivity contribution in [1.29, 1.82) is 5.26 Å². The molecule has 0 amide bonds. The summed E-state index contributed by atoms with van der Waals surface area (Å²) in [7, 11) is 4.10. The van der Waals surface area contributed by atoms with Crippen LogP contribution in [0.1, 0.15) is 41.8 Å². The highest BCUT2D eigenvalue weighted by Gasteiger charge is 2.30. The molecule has 3 heterocycles. The maximum atomic E-state index is 13.0. The second-order valence-electron chi connectivity index (χ2n) is 9.46. The molecule has 0 bridgehead atoms. The van der Waals surface area contributed by atoms with Gasteiger partial charge < -0.3 is 10.2 Å². The summed E-state index contributed by atoms with van der Waals surface area (Å²) in [5, 5.41) is 17.0. The number of rotatable bonds is 11. The number of benzene rings is 1. The molecule has 38 heavy (non-hydrogen) atoms. The van der Waals surface area contributed by atoms with E-state index in [9.17, 15) is 13.2 Å². The topological polar surface area (TPSA) is 82.1 Å². The zero-order valence-electron chi connectivity index (χ0n) is 21.5. The van der Waals surface area contributed by atoms with Gasteiger partial charge in [0.25, 0.3) is 0 Å². The van der Waals surface area contributed by atoms with Crippen molar-refractivity contribution in [3.05, 3.63) is 77.4 Å². The number of alkyl halides is 3. The molecule has 4 aromatic rings. The maximum Gasteiger partial charge on any atom is 0.416 e. The van der Waals surface area contributed by atoms with Gasteiger partial charge in [0.1, 0.15) is 11.6 Å². The number of nitrogens with one attached hydrogen (secondary N) is 1. The Balaban J connectivity index is 1.53. The van der Waals surface area contributed by atoms with E-state index in [-0.39, 0.29) is 0 Å². The van der Waals surface area contributed by atoms with E-state index in [1.54, 1.807) is 23.0 Å². The van der Waals surface area contributed by atoms with Crippen molar-refractivity contribution < 1.29 is 13.2 Å². The Labute approximate surface area is 220 Å². The number of hydrogen-bond donors (Lipinski definition) is 1. The number of halogens is 3. The Morgan fingerprint density at radius 2 is 1.76 bits per heavy atom. The SMILES string of the molecule is CN(C)CCCCc1cc2c(NCCCc3ccc(C#N)cn3)nc(-c3ccc(C(F)(F)F)cc3)cn2n1. The molecular formula is C28H30F3N7. The second-order valence-corrected chi connectivity index (χ2v) is 9.46. The minimum absolute atomic E-state index is 0.525. The van der Waals surface area contributed by atoms with E-state index in [2.05, 4.69) is 35.4 Å². The fraction of sp³-hybridized carbons (Fsp3) is 0.357. The number of aromatic nitrogens is 4. The fourth-order valence-corrected chi connectivity index (χ4v) is 4.11. The number of nitrogens with zero attached hydrogens (tertiary/aromatic N) is 6. The molecule has 3 aromatic heterocycles. The summed E-state index contributed by atoms with van der Waals surface area (Å²) < 4.78 is 40.9. The standard InChI is InChI=1S/C28H30F3N7/c1-37(2)15-4-3-6-24-16-26-27(33-14-5-7-23-13-8-20(17-32)18-34-23)35-25(19-38(26)36-24)21-9-11-22(12-10-21)28(29,30)31/h8-13,16,18-19H,3-7,14-15H2,1-2H3,(H,33,35). The summed E-state index contributed by atoms with van der Waals surface area (Å²) in [5.41, 5.74) is 3.59. The lowest BCUT2D eigenvalue weighted by molar-refractivity contribution is -0.137. The molecule has 0 saturated heterocycles. The van der Waals surface area contributed by atoms with Crippen molar-refractivity contribution in [2.24, 2.45) is 0 Å². The number of anilines is 1. The number of hydrogen-bond acceptors (Lipinski definition) is 6. The average Bonchev–Trinajstić information content (AvgIpc) is 3.32. The van der Waals surface area contributed by atoms with E-state index in [4.69, 9.17) is 15.3 Å². The summed E-state index contributed by atoms with van der Waals surface area (Å²) in [6.07, 6.45) is 3.32. The molecule has 0 unspecified atom stereocenters. The normalized spacial score (nSPS) is 11.7. The van der Waals surface area contributed by atoms with Crippen LogP contribution in [0.5, 0.6) is 0 Å². The molecule has 1 aromatic carbocycles. The van der Waals surface area contributed by atoms with Crippen molar-refractivity contribution in [2.75, 3.05) is 32.5 Å². The number of aryl methyl sites for hydroxylation is 2. The summed E-state index contributed by atoms with van der Waals surface area (Å²) in [5.74, 6) is 0.627. The summed E-state index contributed by atoms with van der Waals surface area (Å²) >= 11 is 0. The van der Waals surface area contributed by atoms with E-state index in [0.29, 0.717) is 29.2 Å². The van der Waals surface area contributed by atoms with Gasteiger partial charge in [0.15, 0.2) is 5.82 Å². The van der Waals surface area contributed by atoms with Crippen LogP contribution in [0.25, 0.3) is 16.8 Å². The first-order valence-corrected chi connectivity index (χ1v) is 12.5. The molecule has 7 nitrogen and oxygen atoms in total. The molecule has 0 aliphatic rings. The van der Waals surface area contributed by atoms with Gasteiger partial charge >= 0.3 is 6.18 Å². The molecule has 0 aliphatic heterocycles. The van der Waals surface area contributed by atoms with Gasteiger partial charge in [0, 0.05) is 24.0 Å². The van der Waals surface area contributed by atoms with Crippen molar-refractivity contribution >= 4 is 11.3 Å². The van der Waals surface area contributed by atoms with Crippen LogP contribution in [0.15, 0.2) is 54.9 Å². The van der Waals surface area contributed by atoms with Crippen molar-refractivity contribution in [1.82, 2.24) is 24.5 Å². The third-order valence-electron chi connectivity index (χ3n) is 6.16. The Hall–Kier alpha value is -3.97. The quantitative estimate of drug-likeness (QED) is 0.258. The lowest BCUT2D eigenvalue weighted by atomic mass is 10.1. The minimum atomic E-state index is -4.39. The van der Waals surface area contributed by atoms with Gasteiger partial charge in [-0.25, -0.2) is 9.50 Å². The summed E-state index contributed by atoms with van der Waals surface area (Å²) in [6, 6.07) is 12.7. The first-order valence-electron chi connectivity index (χ1n) is 12.5. The Kier molecular flexibility index (Phi) is 8.59. The molecular weight excluding hydrogens is 491 g/mol. The van der Waals surface area contributed by atoms with Crippen LogP contribution in [-0.2, 0) is 19.0 Å². The molecule has 0 fully saturated rings. The molecule has 0 aliphatic carbocycles. The van der Waals surface area contributed by atoms with E-state index in [1.807, 2.05) is 12.1 Å². The van der Waals surface area contributed by atoms with Gasteiger partial charge in [-0.1, -0.05) is 12.1 Å². The van der Waals surface area contributed by atoms with Crippen LogP contribution in [0, 0.1) is 11.3 Å². The first kappa shape index (κ1) is 27.1. The van der Waals surface area contributed by atoms with Gasteiger partial charge in [-0.2, -0.15) is 23.5 Å². The smallest absolute Gasteiger partial charge is 0.368 e. The Bertz CT molecular complexity index is 1390. The van der Waals surface area contributed by atoms with Crippen LogP contribution in [0.4, 0.5) is 19.0 Å². The Morgan fingerprint density at radius 1 is 1.00 bits per heavy atom. The van der Waals surface area contributed by atoms with Crippen molar-refractivity contribution in [3.8, 4) is 17.3 Å². The lowest BCUT2D eigenvalue weighted by Gasteiger charge is -2.11. The predicted molar refractivity (Wildman–Crippen MR) is 141 cm³/mol. The molecule has 0 radical (unpaired) electrons.